The van der Waals surface area contributed by atoms with Crippen LogP contribution in [-0.4, -0.2) is 269 Å². The maximum atomic E-state index is 8.62. The molecule has 3 aromatic rings. The van der Waals surface area contributed by atoms with Crippen LogP contribution in [0.5, 0.6) is 0 Å². The van der Waals surface area contributed by atoms with E-state index in [1.165, 1.54) is 0 Å². The molecule has 0 spiro atoms. The Kier molecular flexibility index (Phi) is 50.0. The average Bonchev–Trinajstić information content (AvgIpc) is 3.55. The topological polar surface area (TPSA) is 205 Å². The second-order valence-corrected chi connectivity index (χ2v) is 17.0. The summed E-state index contributed by atoms with van der Waals surface area (Å²) in [5, 5.41) is 8.62. The van der Waals surface area contributed by atoms with E-state index in [2.05, 4.69) is 36.4 Å². The van der Waals surface area contributed by atoms with Crippen LogP contribution in [0.1, 0.15) is 16.7 Å². The summed E-state index contributed by atoms with van der Waals surface area (Å²) in [6.45, 7) is 18.7. The molecule has 0 atom stereocenters. The van der Waals surface area contributed by atoms with E-state index in [-0.39, 0.29) is 6.61 Å². The molecule has 458 valence electrons. The van der Waals surface area contributed by atoms with E-state index in [9.17, 15) is 0 Å². The number of hydrogen-bond donors (Lipinski definition) is 1. The third-order valence-corrected chi connectivity index (χ3v) is 11.0. The van der Waals surface area contributed by atoms with Crippen LogP contribution in [0.3, 0.4) is 0 Å². The molecule has 0 amide bonds. The summed E-state index contributed by atoms with van der Waals surface area (Å²) < 4.78 is 112. The van der Waals surface area contributed by atoms with Crippen molar-refractivity contribution in [3.8, 4) is 0 Å². The summed E-state index contributed by atoms with van der Waals surface area (Å²) in [5.74, 6) is 0. The number of aliphatic hydroxyl groups is 1. The Morgan fingerprint density at radius 3 is 0.475 bits per heavy atom. The van der Waals surface area contributed by atoms with Crippen molar-refractivity contribution < 1.29 is 99.8 Å². The Bertz CT molecular complexity index is 1580. The second kappa shape index (κ2) is 56.3. The van der Waals surface area contributed by atoms with Gasteiger partial charge in [0.15, 0.2) is 0 Å². The summed E-state index contributed by atoms with van der Waals surface area (Å²) in [4.78, 5) is 0. The molecule has 0 unspecified atom stereocenters. The molecule has 0 aliphatic carbocycles. The maximum Gasteiger partial charge on any atom is 0.143 e. The van der Waals surface area contributed by atoms with Crippen LogP contribution >= 0.6 is 0 Å². The molecular formula is C59H96O21. The Hall–Kier alpha value is -3.18. The van der Waals surface area contributed by atoms with E-state index in [1.54, 1.807) is 0 Å². The van der Waals surface area contributed by atoms with E-state index in [0.29, 0.717) is 258 Å². The fraction of sp³-hybridized carbons (Fsp3) is 0.695. The fourth-order valence-corrected chi connectivity index (χ4v) is 7.15. The highest BCUT2D eigenvalue weighted by Crippen LogP contribution is 2.40. The van der Waals surface area contributed by atoms with Crippen molar-refractivity contribution in [2.75, 3.05) is 264 Å². The zero-order valence-corrected chi connectivity index (χ0v) is 47.6. The van der Waals surface area contributed by atoms with Crippen molar-refractivity contribution in [3.63, 3.8) is 0 Å². The van der Waals surface area contributed by atoms with Crippen LogP contribution in [0.4, 0.5) is 0 Å². The van der Waals surface area contributed by atoms with Gasteiger partial charge in [0.1, 0.15) is 5.60 Å². The third kappa shape index (κ3) is 40.1. The zero-order valence-electron chi connectivity index (χ0n) is 47.6. The summed E-state index contributed by atoms with van der Waals surface area (Å²) in [5.41, 5.74) is 2.42. The van der Waals surface area contributed by atoms with Gasteiger partial charge < -0.3 is 99.8 Å². The molecular weight excluding hydrogens is 1040 g/mol. The summed E-state index contributed by atoms with van der Waals surface area (Å²) in [6.07, 6.45) is 0. The highest BCUT2D eigenvalue weighted by atomic mass is 16.6. The molecule has 0 saturated carbocycles. The van der Waals surface area contributed by atoms with Gasteiger partial charge in [-0.25, -0.2) is 0 Å². The minimum atomic E-state index is -0.762. The van der Waals surface area contributed by atoms with E-state index in [0.717, 1.165) is 16.7 Å². The molecule has 0 aliphatic rings. The van der Waals surface area contributed by atoms with Crippen LogP contribution in [0.25, 0.3) is 0 Å². The van der Waals surface area contributed by atoms with Gasteiger partial charge in [0.2, 0.25) is 0 Å². The molecule has 3 aromatic carbocycles. The summed E-state index contributed by atoms with van der Waals surface area (Å²) in [6, 6.07) is 31.0. The quantitative estimate of drug-likeness (QED) is 0.0618. The molecule has 0 aromatic heterocycles. The van der Waals surface area contributed by atoms with Gasteiger partial charge in [-0.1, -0.05) is 91.0 Å². The van der Waals surface area contributed by atoms with E-state index >= 15 is 0 Å². The Morgan fingerprint density at radius 1 is 0.188 bits per heavy atom. The lowest BCUT2D eigenvalue weighted by Gasteiger charge is -2.36. The van der Waals surface area contributed by atoms with Crippen molar-refractivity contribution in [2.45, 2.75) is 5.60 Å². The van der Waals surface area contributed by atoms with Crippen molar-refractivity contribution >= 4 is 0 Å². The molecule has 21 nitrogen and oxygen atoms in total. The van der Waals surface area contributed by atoms with Crippen molar-refractivity contribution in [2.24, 2.45) is 0 Å². The van der Waals surface area contributed by atoms with Gasteiger partial charge in [-0.3, -0.25) is 0 Å². The zero-order chi connectivity index (χ0) is 56.3. The molecule has 1 N–H and O–H groups in total. The number of hydrogen-bond acceptors (Lipinski definition) is 21. The Morgan fingerprint density at radius 2 is 0.325 bits per heavy atom. The first-order chi connectivity index (χ1) is 39.9. The van der Waals surface area contributed by atoms with Crippen LogP contribution < -0.4 is 0 Å². The third-order valence-electron chi connectivity index (χ3n) is 11.0. The van der Waals surface area contributed by atoms with Gasteiger partial charge in [-0.05, 0) is 16.7 Å². The SMILES string of the molecule is OCCOCCOCCOCCOCCOCCOCCOCCOCCOCCOCCOCCOCCOCCOCCOCCOCCOCCOCCOCCOC(c1ccccc1)(c1ccccc1)c1ccccc1. The van der Waals surface area contributed by atoms with Crippen LogP contribution in [0.2, 0.25) is 0 Å². The molecule has 0 bridgehead atoms. The van der Waals surface area contributed by atoms with Gasteiger partial charge in [0, 0.05) is 0 Å². The van der Waals surface area contributed by atoms with E-state index < -0.39 is 5.60 Å². The lowest BCUT2D eigenvalue weighted by Crippen LogP contribution is -2.34. The Labute approximate surface area is 476 Å². The largest absolute Gasteiger partial charge is 0.394 e. The van der Waals surface area contributed by atoms with Crippen LogP contribution in [-0.2, 0) is 100 Å². The van der Waals surface area contributed by atoms with Crippen LogP contribution in [0.15, 0.2) is 91.0 Å². The maximum absolute atomic E-state index is 8.62. The number of ether oxygens (including phenoxy) is 20. The monoisotopic (exact) mass is 1140 g/mol. The van der Waals surface area contributed by atoms with Gasteiger partial charge in [0.25, 0.3) is 0 Å². The first kappa shape index (κ1) is 71.1. The fourth-order valence-electron chi connectivity index (χ4n) is 7.15. The average molecular weight is 1140 g/mol. The van der Waals surface area contributed by atoms with E-state index in [4.69, 9.17) is 99.8 Å². The highest BCUT2D eigenvalue weighted by molar-refractivity contribution is 5.47. The van der Waals surface area contributed by atoms with Crippen LogP contribution in [0, 0.1) is 0 Å². The Balaban J connectivity index is 0.913. The molecule has 80 heavy (non-hydrogen) atoms. The number of rotatable bonds is 63. The van der Waals surface area contributed by atoms with Crippen molar-refractivity contribution in [1.29, 1.82) is 0 Å². The smallest absolute Gasteiger partial charge is 0.143 e. The predicted molar refractivity (Wildman–Crippen MR) is 298 cm³/mol. The first-order valence-corrected chi connectivity index (χ1v) is 28.3. The first-order valence-electron chi connectivity index (χ1n) is 28.3. The highest BCUT2D eigenvalue weighted by Gasteiger charge is 2.37. The lowest BCUT2D eigenvalue weighted by molar-refractivity contribution is -0.0399. The predicted octanol–water partition coefficient (Wildman–Crippen LogP) is 4.30. The summed E-state index contributed by atoms with van der Waals surface area (Å²) >= 11 is 0. The second-order valence-electron chi connectivity index (χ2n) is 17.0. The molecule has 0 radical (unpaired) electrons. The van der Waals surface area contributed by atoms with Gasteiger partial charge >= 0.3 is 0 Å². The minimum Gasteiger partial charge on any atom is -0.394 e. The number of aliphatic hydroxyl groups excluding tert-OH is 1. The van der Waals surface area contributed by atoms with Crippen molar-refractivity contribution in [3.05, 3.63) is 108 Å². The van der Waals surface area contributed by atoms with Gasteiger partial charge in [0.05, 0.1) is 264 Å². The normalized spacial score (nSPS) is 11.8. The molecule has 0 fully saturated rings. The molecule has 21 heteroatoms. The number of benzene rings is 3. The minimum absolute atomic E-state index is 0.0184. The molecule has 0 heterocycles. The summed E-state index contributed by atoms with van der Waals surface area (Å²) in [7, 11) is 0. The van der Waals surface area contributed by atoms with E-state index in [1.807, 2.05) is 54.6 Å². The molecule has 0 aliphatic heterocycles. The van der Waals surface area contributed by atoms with Gasteiger partial charge in [-0.15, -0.1) is 0 Å². The van der Waals surface area contributed by atoms with Crippen molar-refractivity contribution in [1.82, 2.24) is 0 Å². The molecule has 0 saturated heterocycles. The molecule has 3 rings (SSSR count). The van der Waals surface area contributed by atoms with Gasteiger partial charge in [-0.2, -0.15) is 0 Å². The lowest BCUT2D eigenvalue weighted by atomic mass is 9.80. The standard InChI is InChI=1S/C59H96O21/c60-16-17-61-18-19-62-20-21-63-22-23-64-24-25-65-26-27-66-28-29-67-30-31-68-32-33-69-34-35-70-36-37-71-38-39-72-40-41-73-42-43-74-44-45-75-46-47-76-48-49-77-50-51-78-52-53-79-54-55-80-59(56-10-4-1-5-11-56,57-12-6-2-7-13-57)58-14-8-3-9-15-58/h1-15,60H,16-55H2.